The molecular formula is C13H21FN4. The number of hydrogen-bond acceptors (Lipinski definition) is 2. The van der Waals surface area contributed by atoms with E-state index in [1.807, 2.05) is 0 Å². The first-order valence-corrected chi connectivity index (χ1v) is 6.37. The first-order valence-electron chi connectivity index (χ1n) is 6.37. The number of nitrogens with two attached hydrogens (primary N) is 1. The van der Waals surface area contributed by atoms with E-state index in [9.17, 15) is 4.39 Å². The number of aromatic nitrogens is 1. The lowest BCUT2D eigenvalue weighted by Crippen LogP contribution is -2.32. The third kappa shape index (κ3) is 5.61. The predicted octanol–water partition coefficient (Wildman–Crippen LogP) is 2.21. The highest BCUT2D eigenvalue weighted by Crippen LogP contribution is 2.03. The summed E-state index contributed by atoms with van der Waals surface area (Å²) in [7, 11) is 0. The summed E-state index contributed by atoms with van der Waals surface area (Å²) in [6, 6.07) is 2.92. The first kappa shape index (κ1) is 14.4. The summed E-state index contributed by atoms with van der Waals surface area (Å²) in [5, 5.41) is 3.01. The Morgan fingerprint density at radius 3 is 3.00 bits per heavy atom. The zero-order valence-corrected chi connectivity index (χ0v) is 10.8. The molecule has 0 saturated carbocycles. The largest absolute Gasteiger partial charge is 0.370 e. The summed E-state index contributed by atoms with van der Waals surface area (Å²) in [4.78, 5) is 7.96. The predicted molar refractivity (Wildman–Crippen MR) is 71.7 cm³/mol. The normalized spacial score (nSPS) is 11.6. The number of unbranched alkanes of at least 4 members (excludes halogenated alkanes) is 3. The van der Waals surface area contributed by atoms with Crippen molar-refractivity contribution in [3.8, 4) is 0 Å². The first-order chi connectivity index (χ1) is 8.74. The van der Waals surface area contributed by atoms with Crippen LogP contribution in [0.15, 0.2) is 23.3 Å². The van der Waals surface area contributed by atoms with Crippen LogP contribution in [0.3, 0.4) is 0 Å². The number of halogens is 1. The number of nitrogens with zero attached hydrogens (tertiary/aromatic N) is 2. The Bertz CT molecular complexity index is 379. The van der Waals surface area contributed by atoms with Crippen LogP contribution >= 0.6 is 0 Å². The molecule has 0 bridgehead atoms. The lowest BCUT2D eigenvalue weighted by atomic mass is 10.2. The SMILES string of the molecule is CCCCCCNC(N)=NCc1ncccc1F. The van der Waals surface area contributed by atoms with Crippen LogP contribution in [-0.2, 0) is 6.54 Å². The summed E-state index contributed by atoms with van der Waals surface area (Å²) in [6.07, 6.45) is 6.25. The molecule has 18 heavy (non-hydrogen) atoms. The van der Waals surface area contributed by atoms with Gasteiger partial charge in [-0.25, -0.2) is 9.38 Å². The van der Waals surface area contributed by atoms with Crippen molar-refractivity contribution in [3.05, 3.63) is 29.8 Å². The Hall–Kier alpha value is -1.65. The zero-order valence-electron chi connectivity index (χ0n) is 10.8. The second-order valence-electron chi connectivity index (χ2n) is 4.12. The van der Waals surface area contributed by atoms with E-state index in [1.54, 1.807) is 12.3 Å². The molecule has 100 valence electrons. The average molecular weight is 252 g/mol. The minimum atomic E-state index is -0.350. The molecule has 5 heteroatoms. The van der Waals surface area contributed by atoms with Gasteiger partial charge in [-0.1, -0.05) is 26.2 Å². The Morgan fingerprint density at radius 2 is 2.28 bits per heavy atom. The van der Waals surface area contributed by atoms with Crippen LogP contribution in [0.25, 0.3) is 0 Å². The van der Waals surface area contributed by atoms with Crippen LogP contribution in [0.4, 0.5) is 4.39 Å². The molecule has 0 amide bonds. The maximum Gasteiger partial charge on any atom is 0.188 e. The van der Waals surface area contributed by atoms with Gasteiger partial charge in [0.2, 0.25) is 0 Å². The molecule has 4 nitrogen and oxygen atoms in total. The van der Waals surface area contributed by atoms with Crippen LogP contribution in [0.2, 0.25) is 0 Å². The number of pyridine rings is 1. The van der Waals surface area contributed by atoms with Crippen LogP contribution in [0, 0.1) is 5.82 Å². The summed E-state index contributed by atoms with van der Waals surface area (Å²) in [6.45, 7) is 3.14. The fourth-order valence-electron chi connectivity index (χ4n) is 1.52. The highest BCUT2D eigenvalue weighted by Gasteiger charge is 2.00. The molecule has 1 aromatic heterocycles. The number of aliphatic imine (C=N–C) groups is 1. The fraction of sp³-hybridized carbons (Fsp3) is 0.538. The smallest absolute Gasteiger partial charge is 0.188 e. The molecule has 0 radical (unpaired) electrons. The van der Waals surface area contributed by atoms with Crippen molar-refractivity contribution in [2.24, 2.45) is 10.7 Å². The maximum atomic E-state index is 13.2. The third-order valence-electron chi connectivity index (χ3n) is 2.57. The molecule has 3 N–H and O–H groups in total. The minimum Gasteiger partial charge on any atom is -0.370 e. The Morgan fingerprint density at radius 1 is 1.44 bits per heavy atom. The van der Waals surface area contributed by atoms with Gasteiger partial charge in [0, 0.05) is 12.7 Å². The number of nitrogens with one attached hydrogen (secondary N) is 1. The highest BCUT2D eigenvalue weighted by atomic mass is 19.1. The minimum absolute atomic E-state index is 0.167. The van der Waals surface area contributed by atoms with Crippen LogP contribution in [-0.4, -0.2) is 17.5 Å². The summed E-state index contributed by atoms with van der Waals surface area (Å²) in [5.41, 5.74) is 5.99. The second kappa shape index (κ2) is 8.44. The van der Waals surface area contributed by atoms with E-state index in [4.69, 9.17) is 5.73 Å². The number of rotatable bonds is 7. The van der Waals surface area contributed by atoms with Crippen molar-refractivity contribution in [1.29, 1.82) is 0 Å². The Kier molecular flexibility index (Phi) is 6.76. The van der Waals surface area contributed by atoms with Crippen LogP contribution < -0.4 is 11.1 Å². The molecule has 0 atom stereocenters. The lowest BCUT2D eigenvalue weighted by Gasteiger charge is -2.05. The molecule has 1 heterocycles. The Balaban J connectivity index is 2.27. The number of hydrogen-bond donors (Lipinski definition) is 2. The molecule has 0 saturated heterocycles. The maximum absolute atomic E-state index is 13.2. The molecule has 0 spiro atoms. The van der Waals surface area contributed by atoms with Crippen molar-refractivity contribution < 1.29 is 4.39 Å². The van der Waals surface area contributed by atoms with E-state index < -0.39 is 0 Å². The summed E-state index contributed by atoms with van der Waals surface area (Å²) < 4.78 is 13.2. The molecule has 0 aromatic carbocycles. The topological polar surface area (TPSA) is 63.3 Å². The second-order valence-corrected chi connectivity index (χ2v) is 4.12. The quantitative estimate of drug-likeness (QED) is 0.444. The van der Waals surface area contributed by atoms with Crippen molar-refractivity contribution in [2.75, 3.05) is 6.54 Å². The van der Waals surface area contributed by atoms with E-state index in [0.29, 0.717) is 11.7 Å². The van der Waals surface area contributed by atoms with Gasteiger partial charge in [0.05, 0.1) is 12.2 Å². The van der Waals surface area contributed by atoms with E-state index in [-0.39, 0.29) is 12.4 Å². The average Bonchev–Trinajstić information content (AvgIpc) is 2.37. The van der Waals surface area contributed by atoms with Gasteiger partial charge in [-0.2, -0.15) is 0 Å². The van der Waals surface area contributed by atoms with Crippen LogP contribution in [0.5, 0.6) is 0 Å². The monoisotopic (exact) mass is 252 g/mol. The molecular weight excluding hydrogens is 231 g/mol. The van der Waals surface area contributed by atoms with Gasteiger partial charge in [-0.15, -0.1) is 0 Å². The van der Waals surface area contributed by atoms with E-state index in [0.717, 1.165) is 13.0 Å². The van der Waals surface area contributed by atoms with Gasteiger partial charge in [-0.3, -0.25) is 4.98 Å². The fourth-order valence-corrected chi connectivity index (χ4v) is 1.52. The van der Waals surface area contributed by atoms with Crippen LogP contribution in [0.1, 0.15) is 38.3 Å². The van der Waals surface area contributed by atoms with Crippen molar-refractivity contribution in [2.45, 2.75) is 39.2 Å². The van der Waals surface area contributed by atoms with Gasteiger partial charge in [0.15, 0.2) is 5.96 Å². The summed E-state index contributed by atoms with van der Waals surface area (Å²) in [5.74, 6) is -0.00597. The van der Waals surface area contributed by atoms with E-state index >= 15 is 0 Å². The molecule has 0 unspecified atom stereocenters. The molecule has 0 aliphatic rings. The van der Waals surface area contributed by atoms with Gasteiger partial charge in [-0.05, 0) is 18.6 Å². The number of guanidine groups is 1. The van der Waals surface area contributed by atoms with Crippen molar-refractivity contribution in [1.82, 2.24) is 10.3 Å². The van der Waals surface area contributed by atoms with Crippen molar-refractivity contribution in [3.63, 3.8) is 0 Å². The Labute approximate surface area is 108 Å². The molecule has 0 aliphatic carbocycles. The standard InChI is InChI=1S/C13H21FN4/c1-2-3-4-5-8-17-13(15)18-10-12-11(14)7-6-9-16-12/h6-7,9H,2-5,8,10H2,1H3,(H3,15,17,18). The lowest BCUT2D eigenvalue weighted by molar-refractivity contribution is 0.599. The van der Waals surface area contributed by atoms with Gasteiger partial charge < -0.3 is 11.1 Å². The molecule has 1 rings (SSSR count). The van der Waals surface area contributed by atoms with E-state index in [1.165, 1.54) is 25.3 Å². The zero-order chi connectivity index (χ0) is 13.2. The van der Waals surface area contributed by atoms with E-state index in [2.05, 4.69) is 22.2 Å². The molecule has 1 aromatic rings. The summed E-state index contributed by atoms with van der Waals surface area (Å²) >= 11 is 0. The van der Waals surface area contributed by atoms with Gasteiger partial charge in [0.25, 0.3) is 0 Å². The molecule has 0 aliphatic heterocycles. The van der Waals surface area contributed by atoms with Gasteiger partial charge >= 0.3 is 0 Å². The molecule has 0 fully saturated rings. The van der Waals surface area contributed by atoms with Crippen molar-refractivity contribution >= 4 is 5.96 Å². The third-order valence-corrected chi connectivity index (χ3v) is 2.57. The highest BCUT2D eigenvalue weighted by molar-refractivity contribution is 5.77. The van der Waals surface area contributed by atoms with Gasteiger partial charge in [0.1, 0.15) is 5.82 Å².